The van der Waals surface area contributed by atoms with Crippen LogP contribution in [0, 0.1) is 0 Å². The third kappa shape index (κ3) is 23.6. The Labute approximate surface area is 266 Å². The summed E-state index contributed by atoms with van der Waals surface area (Å²) in [5.74, 6) is 1.62. The van der Waals surface area contributed by atoms with E-state index in [1.807, 2.05) is 0 Å². The SMILES string of the molecule is CCCCCCCCCCCCCCCCCCCc1n(CCCCCCCCC)cc[n+]1CCCCCCCCC. The molecular formula is C40H79N2+. The van der Waals surface area contributed by atoms with Gasteiger partial charge < -0.3 is 0 Å². The second-order valence-corrected chi connectivity index (χ2v) is 13.8. The molecular weight excluding hydrogens is 508 g/mol. The van der Waals surface area contributed by atoms with Gasteiger partial charge in [0.05, 0.1) is 13.1 Å². The maximum absolute atomic E-state index is 2.62. The smallest absolute Gasteiger partial charge is 0.234 e. The highest BCUT2D eigenvalue weighted by atomic mass is 15.1. The van der Waals surface area contributed by atoms with E-state index in [9.17, 15) is 0 Å². The summed E-state index contributed by atoms with van der Waals surface area (Å²) < 4.78 is 5.25. The van der Waals surface area contributed by atoms with E-state index in [1.165, 1.54) is 219 Å². The Hall–Kier alpha value is -0.790. The zero-order chi connectivity index (χ0) is 30.2. The van der Waals surface area contributed by atoms with Crippen LogP contribution < -0.4 is 4.57 Å². The van der Waals surface area contributed by atoms with Gasteiger partial charge in [-0.1, -0.05) is 188 Å². The molecule has 0 aliphatic carbocycles. The van der Waals surface area contributed by atoms with E-state index in [4.69, 9.17) is 0 Å². The molecule has 0 saturated carbocycles. The highest BCUT2D eigenvalue weighted by Crippen LogP contribution is 2.15. The van der Waals surface area contributed by atoms with Crippen LogP contribution in [0.5, 0.6) is 0 Å². The highest BCUT2D eigenvalue weighted by molar-refractivity contribution is 4.84. The van der Waals surface area contributed by atoms with Gasteiger partial charge in [-0.2, -0.15) is 0 Å². The van der Waals surface area contributed by atoms with Crippen molar-refractivity contribution in [3.63, 3.8) is 0 Å². The maximum atomic E-state index is 2.62. The third-order valence-corrected chi connectivity index (χ3v) is 9.60. The molecule has 0 radical (unpaired) electrons. The molecule has 248 valence electrons. The first kappa shape index (κ1) is 39.2. The van der Waals surface area contributed by atoms with Gasteiger partial charge in [-0.25, -0.2) is 9.13 Å². The molecule has 0 saturated heterocycles. The van der Waals surface area contributed by atoms with Crippen LogP contribution in [-0.4, -0.2) is 4.57 Å². The molecule has 0 atom stereocenters. The van der Waals surface area contributed by atoms with Gasteiger partial charge in [-0.15, -0.1) is 0 Å². The van der Waals surface area contributed by atoms with Crippen molar-refractivity contribution in [3.05, 3.63) is 18.2 Å². The van der Waals surface area contributed by atoms with E-state index in [0.717, 1.165) is 0 Å². The summed E-state index contributed by atoms with van der Waals surface area (Å²) in [6.45, 7) is 9.40. The standard InChI is InChI=1S/C40H79N2/c1-4-7-10-13-16-17-18-19-20-21-22-23-24-25-26-29-32-35-40-41(36-33-30-27-14-11-8-5-2)38-39-42(40)37-34-31-28-15-12-9-6-3/h38-39H,4-37H2,1-3H3/q+1. The molecule has 0 N–H and O–H groups in total. The topological polar surface area (TPSA) is 8.81 Å². The molecule has 2 heteroatoms. The van der Waals surface area contributed by atoms with Gasteiger partial charge in [-0.3, -0.25) is 0 Å². The minimum Gasteiger partial charge on any atom is -0.234 e. The fraction of sp³-hybridized carbons (Fsp3) is 0.925. The van der Waals surface area contributed by atoms with E-state index in [0.29, 0.717) is 0 Å². The van der Waals surface area contributed by atoms with Crippen molar-refractivity contribution in [1.82, 2.24) is 4.57 Å². The molecule has 1 heterocycles. The van der Waals surface area contributed by atoms with Crippen molar-refractivity contribution >= 4 is 0 Å². The summed E-state index contributed by atoms with van der Waals surface area (Å²) in [4.78, 5) is 0. The van der Waals surface area contributed by atoms with Gasteiger partial charge in [0.1, 0.15) is 12.4 Å². The molecule has 1 rings (SSSR count). The Morgan fingerprint density at radius 2 is 0.738 bits per heavy atom. The van der Waals surface area contributed by atoms with Gasteiger partial charge in [0, 0.05) is 6.42 Å². The number of rotatable bonds is 34. The molecule has 1 aromatic heterocycles. The number of unbranched alkanes of at least 4 members (excludes halogenated alkanes) is 28. The first-order chi connectivity index (χ1) is 20.8. The number of hydrogen-bond donors (Lipinski definition) is 0. The minimum atomic E-state index is 1.23. The van der Waals surface area contributed by atoms with Gasteiger partial charge in [-0.05, 0) is 32.1 Å². The Balaban J connectivity index is 2.19. The van der Waals surface area contributed by atoms with Crippen LogP contribution in [0.4, 0.5) is 0 Å². The minimum absolute atomic E-state index is 1.23. The van der Waals surface area contributed by atoms with Crippen LogP contribution in [-0.2, 0) is 19.5 Å². The molecule has 0 unspecified atom stereocenters. The van der Waals surface area contributed by atoms with E-state index < -0.39 is 0 Å². The summed E-state index contributed by atoms with van der Waals surface area (Å²) in [6.07, 6.45) is 50.4. The number of aryl methyl sites for hydroxylation is 2. The van der Waals surface area contributed by atoms with Crippen molar-refractivity contribution < 1.29 is 4.57 Å². The molecule has 0 fully saturated rings. The van der Waals surface area contributed by atoms with Gasteiger partial charge in [0.25, 0.3) is 5.82 Å². The lowest BCUT2D eigenvalue weighted by atomic mass is 10.0. The van der Waals surface area contributed by atoms with Crippen LogP contribution in [0.1, 0.15) is 226 Å². The fourth-order valence-electron chi connectivity index (χ4n) is 6.68. The molecule has 0 amide bonds. The molecule has 0 aliphatic heterocycles. The van der Waals surface area contributed by atoms with Gasteiger partial charge in [0.15, 0.2) is 0 Å². The van der Waals surface area contributed by atoms with Gasteiger partial charge in [0.2, 0.25) is 0 Å². The monoisotopic (exact) mass is 588 g/mol. The number of nitrogens with zero attached hydrogens (tertiary/aromatic N) is 2. The van der Waals surface area contributed by atoms with E-state index in [-0.39, 0.29) is 0 Å². The van der Waals surface area contributed by atoms with Crippen molar-refractivity contribution in [2.45, 2.75) is 239 Å². The quantitative estimate of drug-likeness (QED) is 0.0560. The van der Waals surface area contributed by atoms with Crippen LogP contribution in [0.2, 0.25) is 0 Å². The Bertz CT molecular complexity index is 613. The normalized spacial score (nSPS) is 11.6. The van der Waals surface area contributed by atoms with Crippen LogP contribution in [0.15, 0.2) is 12.4 Å². The van der Waals surface area contributed by atoms with Crippen molar-refractivity contribution in [3.8, 4) is 0 Å². The lowest BCUT2D eigenvalue weighted by Gasteiger charge is -2.07. The van der Waals surface area contributed by atoms with Crippen LogP contribution in [0.25, 0.3) is 0 Å². The van der Waals surface area contributed by atoms with Crippen molar-refractivity contribution in [2.24, 2.45) is 0 Å². The fourth-order valence-corrected chi connectivity index (χ4v) is 6.68. The Morgan fingerprint density at radius 1 is 0.405 bits per heavy atom. The average molecular weight is 588 g/mol. The molecule has 0 bridgehead atoms. The summed E-state index contributed by atoms with van der Waals surface area (Å²) in [6, 6.07) is 0. The zero-order valence-corrected chi connectivity index (χ0v) is 29.6. The number of hydrogen-bond acceptors (Lipinski definition) is 0. The Kier molecular flexibility index (Phi) is 29.5. The predicted molar refractivity (Wildman–Crippen MR) is 188 cm³/mol. The number of aromatic nitrogens is 2. The highest BCUT2D eigenvalue weighted by Gasteiger charge is 2.16. The van der Waals surface area contributed by atoms with E-state index in [2.05, 4.69) is 42.3 Å². The summed E-state index contributed by atoms with van der Waals surface area (Å²) in [5.41, 5.74) is 0. The van der Waals surface area contributed by atoms with E-state index >= 15 is 0 Å². The van der Waals surface area contributed by atoms with Gasteiger partial charge >= 0.3 is 0 Å². The second-order valence-electron chi connectivity index (χ2n) is 13.8. The molecule has 0 aliphatic rings. The first-order valence-electron chi connectivity index (χ1n) is 19.9. The lowest BCUT2D eigenvalue weighted by Crippen LogP contribution is -2.37. The summed E-state index contributed by atoms with van der Waals surface area (Å²) in [5, 5.41) is 0. The molecule has 42 heavy (non-hydrogen) atoms. The summed E-state index contributed by atoms with van der Waals surface area (Å²) >= 11 is 0. The lowest BCUT2D eigenvalue weighted by molar-refractivity contribution is -0.704. The van der Waals surface area contributed by atoms with Crippen molar-refractivity contribution in [2.75, 3.05) is 0 Å². The maximum Gasteiger partial charge on any atom is 0.256 e. The summed E-state index contributed by atoms with van der Waals surface area (Å²) in [7, 11) is 0. The third-order valence-electron chi connectivity index (χ3n) is 9.60. The molecule has 0 aromatic carbocycles. The number of imidazole rings is 1. The molecule has 0 spiro atoms. The Morgan fingerprint density at radius 3 is 1.14 bits per heavy atom. The zero-order valence-electron chi connectivity index (χ0n) is 29.6. The second kappa shape index (κ2) is 31.6. The van der Waals surface area contributed by atoms with Crippen molar-refractivity contribution in [1.29, 1.82) is 0 Å². The van der Waals surface area contributed by atoms with Crippen LogP contribution >= 0.6 is 0 Å². The first-order valence-corrected chi connectivity index (χ1v) is 19.9. The molecule has 2 nitrogen and oxygen atoms in total. The van der Waals surface area contributed by atoms with Crippen LogP contribution in [0.3, 0.4) is 0 Å². The average Bonchev–Trinajstić information content (AvgIpc) is 3.38. The largest absolute Gasteiger partial charge is 0.256 e. The predicted octanol–water partition coefficient (Wildman–Crippen LogP) is 13.5. The molecule has 1 aromatic rings. The van der Waals surface area contributed by atoms with E-state index in [1.54, 1.807) is 5.82 Å².